The molecule has 7 heteroatoms. The van der Waals surface area contributed by atoms with Crippen LogP contribution >= 0.6 is 27.5 Å². The van der Waals surface area contributed by atoms with Crippen molar-refractivity contribution in [1.82, 2.24) is 0 Å². The Bertz CT molecular complexity index is 682. The molecule has 0 spiro atoms. The molecular weight excluding hydrogens is 363 g/mol. The highest BCUT2D eigenvalue weighted by molar-refractivity contribution is 9.10. The van der Waals surface area contributed by atoms with Gasteiger partial charge in [0, 0.05) is 5.69 Å². The molecule has 0 bridgehead atoms. The zero-order valence-corrected chi connectivity index (χ0v) is 13.0. The molecular formula is C14H11BrClFN2O2. The van der Waals surface area contributed by atoms with Gasteiger partial charge in [0.25, 0.3) is 5.91 Å². The molecule has 0 saturated heterocycles. The number of hydrogen-bond acceptors (Lipinski definition) is 3. The number of nitrogens with one attached hydrogen (secondary N) is 1. The summed E-state index contributed by atoms with van der Waals surface area (Å²) in [6, 6.07) is 8.69. The lowest BCUT2D eigenvalue weighted by Crippen LogP contribution is -2.20. The molecule has 0 unspecified atom stereocenters. The van der Waals surface area contributed by atoms with Crippen molar-refractivity contribution in [2.75, 3.05) is 17.7 Å². The van der Waals surface area contributed by atoms with Crippen LogP contribution in [-0.4, -0.2) is 12.5 Å². The minimum absolute atomic E-state index is 0.231. The van der Waals surface area contributed by atoms with Gasteiger partial charge in [-0.3, -0.25) is 4.79 Å². The Hall–Kier alpha value is -1.79. The first kappa shape index (κ1) is 15.6. The molecule has 0 fully saturated rings. The number of carbonyl (C=O) groups is 1. The number of nitrogen functional groups attached to an aromatic ring is 1. The van der Waals surface area contributed by atoms with E-state index in [0.717, 1.165) is 0 Å². The second-order valence-corrected chi connectivity index (χ2v) is 5.41. The summed E-state index contributed by atoms with van der Waals surface area (Å²) in [4.78, 5) is 11.8. The predicted molar refractivity (Wildman–Crippen MR) is 84.1 cm³/mol. The molecule has 2 rings (SSSR count). The normalized spacial score (nSPS) is 10.2. The van der Waals surface area contributed by atoms with Gasteiger partial charge >= 0.3 is 0 Å². The Morgan fingerprint density at radius 3 is 2.76 bits per heavy atom. The lowest BCUT2D eigenvalue weighted by atomic mass is 10.3. The van der Waals surface area contributed by atoms with E-state index in [1.165, 1.54) is 24.3 Å². The Labute approximate surface area is 134 Å². The third-order valence-electron chi connectivity index (χ3n) is 2.52. The first-order valence-corrected chi connectivity index (χ1v) is 7.05. The van der Waals surface area contributed by atoms with Crippen LogP contribution in [0.1, 0.15) is 0 Å². The highest BCUT2D eigenvalue weighted by Gasteiger charge is 2.09. The van der Waals surface area contributed by atoms with Crippen LogP contribution in [-0.2, 0) is 4.79 Å². The van der Waals surface area contributed by atoms with Gasteiger partial charge in [-0.1, -0.05) is 11.6 Å². The minimum atomic E-state index is -0.396. The molecule has 4 nitrogen and oxygen atoms in total. The number of ether oxygens (including phenoxy) is 1. The van der Waals surface area contributed by atoms with E-state index in [9.17, 15) is 9.18 Å². The maximum atomic E-state index is 12.9. The van der Waals surface area contributed by atoms with Crippen molar-refractivity contribution in [1.29, 1.82) is 0 Å². The van der Waals surface area contributed by atoms with Gasteiger partial charge in [-0.15, -0.1) is 0 Å². The van der Waals surface area contributed by atoms with Crippen molar-refractivity contribution in [3.63, 3.8) is 0 Å². The van der Waals surface area contributed by atoms with E-state index in [0.29, 0.717) is 26.6 Å². The van der Waals surface area contributed by atoms with E-state index in [-0.39, 0.29) is 6.61 Å². The molecule has 0 aliphatic carbocycles. The highest BCUT2D eigenvalue weighted by atomic mass is 79.9. The van der Waals surface area contributed by atoms with Crippen LogP contribution in [0.4, 0.5) is 15.8 Å². The van der Waals surface area contributed by atoms with E-state index in [1.807, 2.05) is 0 Å². The maximum absolute atomic E-state index is 12.9. The summed E-state index contributed by atoms with van der Waals surface area (Å²) < 4.78 is 18.6. The molecule has 0 aromatic heterocycles. The zero-order chi connectivity index (χ0) is 15.4. The summed E-state index contributed by atoms with van der Waals surface area (Å²) in [5.74, 6) is -0.416. The molecule has 2 aromatic rings. The molecule has 2 aromatic carbocycles. The number of rotatable bonds is 4. The van der Waals surface area contributed by atoms with Gasteiger partial charge < -0.3 is 15.8 Å². The maximum Gasteiger partial charge on any atom is 0.262 e. The van der Waals surface area contributed by atoms with Crippen molar-refractivity contribution >= 4 is 44.8 Å². The van der Waals surface area contributed by atoms with Gasteiger partial charge in [0.1, 0.15) is 11.6 Å². The van der Waals surface area contributed by atoms with Gasteiger partial charge in [0.15, 0.2) is 6.61 Å². The van der Waals surface area contributed by atoms with Crippen LogP contribution in [0.2, 0.25) is 5.02 Å². The lowest BCUT2D eigenvalue weighted by molar-refractivity contribution is -0.118. The Balaban J connectivity index is 1.96. The second kappa shape index (κ2) is 6.78. The number of anilines is 2. The Kier molecular flexibility index (Phi) is 5.03. The average Bonchev–Trinajstić information content (AvgIpc) is 2.41. The summed E-state index contributed by atoms with van der Waals surface area (Å²) in [5.41, 5.74) is 6.51. The first-order valence-electron chi connectivity index (χ1n) is 5.88. The summed E-state index contributed by atoms with van der Waals surface area (Å²) in [5, 5.41) is 2.94. The monoisotopic (exact) mass is 372 g/mol. The second-order valence-electron chi connectivity index (χ2n) is 4.15. The standard InChI is InChI=1S/C14H11BrClFN2O2/c15-10-5-8(17)1-4-13(10)21-7-14(20)19-12-3-2-9(18)6-11(12)16/h1-6H,7,18H2,(H,19,20). The van der Waals surface area contributed by atoms with Gasteiger partial charge in [0.05, 0.1) is 15.2 Å². The van der Waals surface area contributed by atoms with Gasteiger partial charge in [0.2, 0.25) is 0 Å². The number of nitrogens with two attached hydrogens (primary N) is 1. The molecule has 0 radical (unpaired) electrons. The quantitative estimate of drug-likeness (QED) is 0.800. The van der Waals surface area contributed by atoms with Crippen molar-refractivity contribution in [2.24, 2.45) is 0 Å². The fraction of sp³-hybridized carbons (Fsp3) is 0.0714. The molecule has 0 aliphatic rings. The number of benzene rings is 2. The van der Waals surface area contributed by atoms with E-state index in [2.05, 4.69) is 21.2 Å². The number of amides is 1. The van der Waals surface area contributed by atoms with Crippen LogP contribution in [0, 0.1) is 5.82 Å². The SMILES string of the molecule is Nc1ccc(NC(=O)COc2ccc(F)cc2Br)c(Cl)c1. The molecule has 110 valence electrons. The third kappa shape index (κ3) is 4.34. The van der Waals surface area contributed by atoms with E-state index in [1.54, 1.807) is 12.1 Å². The smallest absolute Gasteiger partial charge is 0.262 e. The van der Waals surface area contributed by atoms with Crippen LogP contribution in [0.3, 0.4) is 0 Å². The molecule has 0 atom stereocenters. The molecule has 0 aliphatic heterocycles. The molecule has 3 N–H and O–H groups in total. The highest BCUT2D eigenvalue weighted by Crippen LogP contribution is 2.26. The summed E-state index contributed by atoms with van der Waals surface area (Å²) in [6.07, 6.45) is 0. The predicted octanol–water partition coefficient (Wildman–Crippen LogP) is 3.84. The van der Waals surface area contributed by atoms with Crippen LogP contribution < -0.4 is 15.8 Å². The summed E-state index contributed by atoms with van der Waals surface area (Å²) >= 11 is 9.10. The topological polar surface area (TPSA) is 64.3 Å². The van der Waals surface area contributed by atoms with Crippen LogP contribution in [0.25, 0.3) is 0 Å². The van der Waals surface area contributed by atoms with Gasteiger partial charge in [-0.05, 0) is 52.3 Å². The molecule has 21 heavy (non-hydrogen) atoms. The van der Waals surface area contributed by atoms with Crippen molar-refractivity contribution in [3.05, 3.63) is 51.7 Å². The lowest BCUT2D eigenvalue weighted by Gasteiger charge is -2.10. The van der Waals surface area contributed by atoms with Crippen LogP contribution in [0.15, 0.2) is 40.9 Å². The Morgan fingerprint density at radius 1 is 1.33 bits per heavy atom. The fourth-order valence-corrected chi connectivity index (χ4v) is 2.26. The number of halogens is 3. The molecule has 1 amide bonds. The Morgan fingerprint density at radius 2 is 2.10 bits per heavy atom. The molecule has 0 heterocycles. The fourth-order valence-electron chi connectivity index (χ4n) is 1.55. The zero-order valence-electron chi connectivity index (χ0n) is 10.7. The number of carbonyl (C=O) groups excluding carboxylic acids is 1. The summed E-state index contributed by atoms with van der Waals surface area (Å²) in [6.45, 7) is -0.231. The molecule has 0 saturated carbocycles. The van der Waals surface area contributed by atoms with E-state index >= 15 is 0 Å². The van der Waals surface area contributed by atoms with Crippen molar-refractivity contribution in [3.8, 4) is 5.75 Å². The van der Waals surface area contributed by atoms with Gasteiger partial charge in [-0.2, -0.15) is 0 Å². The van der Waals surface area contributed by atoms with Gasteiger partial charge in [-0.25, -0.2) is 4.39 Å². The average molecular weight is 374 g/mol. The van der Waals surface area contributed by atoms with Crippen molar-refractivity contribution < 1.29 is 13.9 Å². The third-order valence-corrected chi connectivity index (χ3v) is 3.45. The van der Waals surface area contributed by atoms with Crippen molar-refractivity contribution in [2.45, 2.75) is 0 Å². The number of hydrogen-bond donors (Lipinski definition) is 2. The minimum Gasteiger partial charge on any atom is -0.483 e. The van der Waals surface area contributed by atoms with E-state index < -0.39 is 11.7 Å². The van der Waals surface area contributed by atoms with E-state index in [4.69, 9.17) is 22.1 Å². The largest absolute Gasteiger partial charge is 0.483 e. The first-order chi connectivity index (χ1) is 9.95. The summed E-state index contributed by atoms with van der Waals surface area (Å²) in [7, 11) is 0. The van der Waals surface area contributed by atoms with Crippen LogP contribution in [0.5, 0.6) is 5.75 Å².